The van der Waals surface area contributed by atoms with Crippen molar-refractivity contribution in [1.82, 2.24) is 0 Å². The molecule has 1 aromatic rings. The van der Waals surface area contributed by atoms with Crippen LogP contribution in [-0.4, -0.2) is 33.9 Å². The molecule has 6 heteroatoms. The van der Waals surface area contributed by atoms with Gasteiger partial charge < -0.3 is 14.9 Å². The van der Waals surface area contributed by atoms with E-state index in [1.807, 2.05) is 13.8 Å². The Bertz CT molecular complexity index is 819. The summed E-state index contributed by atoms with van der Waals surface area (Å²) in [5, 5.41) is 20.0. The molecule has 0 amide bonds. The molecule has 0 bridgehead atoms. The summed E-state index contributed by atoms with van der Waals surface area (Å²) in [4.78, 5) is 37.6. The highest BCUT2D eigenvalue weighted by atomic mass is 16.5. The number of hydrogen-bond donors (Lipinski definition) is 2. The van der Waals surface area contributed by atoms with Crippen LogP contribution in [0.2, 0.25) is 0 Å². The van der Waals surface area contributed by atoms with Crippen LogP contribution in [0.15, 0.2) is 35.9 Å². The molecule has 0 spiro atoms. The van der Waals surface area contributed by atoms with Crippen molar-refractivity contribution in [3.05, 3.63) is 47.1 Å². The van der Waals surface area contributed by atoms with E-state index in [4.69, 9.17) is 4.74 Å². The Morgan fingerprint density at radius 2 is 1.75 bits per heavy atom. The number of allylic oxidation sites excluding steroid dienone is 2. The number of Topliss-reactive ketones (excluding diaryl/α,β-unsaturated/α-hetero) is 1. The first-order chi connectivity index (χ1) is 13.4. The van der Waals surface area contributed by atoms with E-state index in [0.717, 1.165) is 43.9 Å². The van der Waals surface area contributed by atoms with E-state index in [0.29, 0.717) is 12.8 Å². The van der Waals surface area contributed by atoms with E-state index in [1.54, 1.807) is 6.08 Å². The molecule has 28 heavy (non-hydrogen) atoms. The lowest BCUT2D eigenvalue weighted by molar-refractivity contribution is -0.141. The number of benzene rings is 1. The number of aromatic hydroxyl groups is 2. The average molecular weight is 386 g/mol. The van der Waals surface area contributed by atoms with Gasteiger partial charge in [0.15, 0.2) is 11.6 Å². The normalized spacial score (nSPS) is 14.7. The van der Waals surface area contributed by atoms with Gasteiger partial charge in [-0.1, -0.05) is 39.2 Å². The molecule has 0 radical (unpaired) electrons. The Balaban J connectivity index is 2.34. The minimum Gasteiger partial charge on any atom is -0.507 e. The summed E-state index contributed by atoms with van der Waals surface area (Å²) in [7, 11) is 0. The van der Waals surface area contributed by atoms with Crippen molar-refractivity contribution in [3.8, 4) is 11.5 Å². The monoisotopic (exact) mass is 386 g/mol. The molecule has 0 heterocycles. The fraction of sp³-hybridized carbons (Fsp3) is 0.409. The molecular formula is C22H26O6. The number of unbranched alkanes of at least 4 members (excludes halogenated alkanes) is 3. The number of rotatable bonds is 9. The molecule has 2 rings (SSSR count). The number of ether oxygens (including phenoxy) is 1. The second kappa shape index (κ2) is 9.88. The van der Waals surface area contributed by atoms with Gasteiger partial charge in [-0.2, -0.15) is 0 Å². The van der Waals surface area contributed by atoms with Gasteiger partial charge in [-0.3, -0.25) is 9.59 Å². The summed E-state index contributed by atoms with van der Waals surface area (Å²) in [5.41, 5.74) is -0.456. The number of carbonyl (C=O) groups excluding carboxylic acids is 3. The van der Waals surface area contributed by atoms with E-state index in [-0.39, 0.29) is 22.4 Å². The van der Waals surface area contributed by atoms with Crippen LogP contribution in [-0.2, 0) is 9.53 Å². The number of esters is 1. The molecule has 1 unspecified atom stereocenters. The Labute approximate surface area is 164 Å². The van der Waals surface area contributed by atoms with Gasteiger partial charge in [0.2, 0.25) is 0 Å². The molecule has 0 saturated heterocycles. The van der Waals surface area contributed by atoms with Crippen molar-refractivity contribution in [2.24, 2.45) is 0 Å². The maximum atomic E-state index is 13.0. The van der Waals surface area contributed by atoms with Crippen molar-refractivity contribution in [2.75, 3.05) is 0 Å². The van der Waals surface area contributed by atoms with Crippen LogP contribution in [0.5, 0.6) is 11.5 Å². The number of phenolic OH excluding ortho intramolecular Hbond substituents is 2. The molecule has 2 N–H and O–H groups in total. The SMILES string of the molecule is CCC/C=C/C(=O)OC(CCCCC)C1=CC(=O)c2c(O)ccc(O)c2C1=O. The Hall–Kier alpha value is -2.89. The molecule has 6 nitrogen and oxygen atoms in total. The van der Waals surface area contributed by atoms with Crippen LogP contribution >= 0.6 is 0 Å². The third kappa shape index (κ3) is 4.88. The smallest absolute Gasteiger partial charge is 0.331 e. The first-order valence-electron chi connectivity index (χ1n) is 9.63. The molecule has 1 aliphatic carbocycles. The molecule has 0 aromatic heterocycles. The zero-order valence-electron chi connectivity index (χ0n) is 16.2. The van der Waals surface area contributed by atoms with Crippen molar-refractivity contribution in [1.29, 1.82) is 0 Å². The lowest BCUT2D eigenvalue weighted by Crippen LogP contribution is -2.29. The third-order valence-corrected chi connectivity index (χ3v) is 4.57. The first-order valence-corrected chi connectivity index (χ1v) is 9.63. The van der Waals surface area contributed by atoms with Gasteiger partial charge in [0, 0.05) is 11.6 Å². The molecule has 1 aliphatic rings. The van der Waals surface area contributed by atoms with Gasteiger partial charge in [0.05, 0.1) is 11.1 Å². The maximum absolute atomic E-state index is 13.0. The maximum Gasteiger partial charge on any atom is 0.331 e. The quantitative estimate of drug-likeness (QED) is 0.285. The summed E-state index contributed by atoms with van der Waals surface area (Å²) in [6.45, 7) is 4.01. The van der Waals surface area contributed by atoms with E-state index in [9.17, 15) is 24.6 Å². The second-order valence-corrected chi connectivity index (χ2v) is 6.76. The van der Waals surface area contributed by atoms with Crippen molar-refractivity contribution in [2.45, 2.75) is 58.5 Å². The minimum atomic E-state index is -0.892. The fourth-order valence-electron chi connectivity index (χ4n) is 3.11. The van der Waals surface area contributed by atoms with Gasteiger partial charge >= 0.3 is 5.97 Å². The number of hydrogen-bond acceptors (Lipinski definition) is 6. The highest BCUT2D eigenvalue weighted by Gasteiger charge is 2.35. The van der Waals surface area contributed by atoms with E-state index < -0.39 is 29.4 Å². The van der Waals surface area contributed by atoms with Crippen molar-refractivity contribution < 1.29 is 29.3 Å². The summed E-state index contributed by atoms with van der Waals surface area (Å²) < 4.78 is 5.48. The Morgan fingerprint density at radius 3 is 2.39 bits per heavy atom. The predicted molar refractivity (Wildman–Crippen MR) is 105 cm³/mol. The second-order valence-electron chi connectivity index (χ2n) is 6.76. The van der Waals surface area contributed by atoms with E-state index >= 15 is 0 Å². The third-order valence-electron chi connectivity index (χ3n) is 4.57. The van der Waals surface area contributed by atoms with Gasteiger partial charge in [-0.05, 0) is 37.5 Å². The highest BCUT2D eigenvalue weighted by Crippen LogP contribution is 2.36. The van der Waals surface area contributed by atoms with Crippen molar-refractivity contribution in [3.63, 3.8) is 0 Å². The van der Waals surface area contributed by atoms with Gasteiger partial charge in [0.1, 0.15) is 17.6 Å². The molecule has 0 fully saturated rings. The van der Waals surface area contributed by atoms with Crippen LogP contribution in [0.4, 0.5) is 0 Å². The van der Waals surface area contributed by atoms with Crippen LogP contribution in [0, 0.1) is 0 Å². The van der Waals surface area contributed by atoms with E-state index in [1.165, 1.54) is 6.08 Å². The lowest BCUT2D eigenvalue weighted by Gasteiger charge is -2.23. The molecule has 1 aromatic carbocycles. The number of fused-ring (bicyclic) bond motifs is 1. The molecule has 0 aliphatic heterocycles. The minimum absolute atomic E-state index is 0.0201. The van der Waals surface area contributed by atoms with Gasteiger partial charge in [-0.25, -0.2) is 4.79 Å². The van der Waals surface area contributed by atoms with Crippen LogP contribution in [0.3, 0.4) is 0 Å². The Morgan fingerprint density at radius 1 is 1.07 bits per heavy atom. The molecule has 150 valence electrons. The van der Waals surface area contributed by atoms with Crippen LogP contribution in [0.1, 0.15) is 73.1 Å². The zero-order chi connectivity index (χ0) is 20.7. The van der Waals surface area contributed by atoms with Crippen molar-refractivity contribution >= 4 is 17.5 Å². The highest BCUT2D eigenvalue weighted by molar-refractivity contribution is 6.27. The zero-order valence-corrected chi connectivity index (χ0v) is 16.2. The summed E-state index contributed by atoms with van der Waals surface area (Å²) in [6.07, 6.45) is 7.79. The lowest BCUT2D eigenvalue weighted by atomic mass is 9.84. The first kappa shape index (κ1) is 21.4. The van der Waals surface area contributed by atoms with Crippen LogP contribution < -0.4 is 0 Å². The molecular weight excluding hydrogens is 360 g/mol. The van der Waals surface area contributed by atoms with E-state index in [2.05, 4.69) is 0 Å². The van der Waals surface area contributed by atoms with Gasteiger partial charge in [0.25, 0.3) is 0 Å². The van der Waals surface area contributed by atoms with Crippen LogP contribution in [0.25, 0.3) is 0 Å². The summed E-state index contributed by atoms with van der Waals surface area (Å²) in [6, 6.07) is 2.32. The average Bonchev–Trinajstić information content (AvgIpc) is 2.66. The molecule has 0 saturated carbocycles. The Kier molecular flexibility index (Phi) is 7.55. The predicted octanol–water partition coefficient (Wildman–Crippen LogP) is 4.25. The fourth-order valence-corrected chi connectivity index (χ4v) is 3.11. The standard InChI is InChI=1S/C22H26O6/c1-3-5-7-9-18(28-19(26)10-8-6-4-2)14-13-17(25)20-15(23)11-12-16(24)21(20)22(14)27/h8,10-13,18,23-24H,3-7,9H2,1-2H3/b10-8+. The number of ketones is 2. The summed E-state index contributed by atoms with van der Waals surface area (Å²) >= 11 is 0. The summed E-state index contributed by atoms with van der Waals surface area (Å²) in [5.74, 6) is -2.56. The number of phenols is 2. The van der Waals surface area contributed by atoms with Gasteiger partial charge in [-0.15, -0.1) is 0 Å². The molecule has 1 atom stereocenters. The number of carbonyl (C=O) groups is 3. The largest absolute Gasteiger partial charge is 0.507 e. The topological polar surface area (TPSA) is 101 Å².